The van der Waals surface area contributed by atoms with E-state index in [1.54, 1.807) is 0 Å². The largest absolute Gasteiger partial charge is 0.406 e. The highest BCUT2D eigenvalue weighted by atomic mass is 28.4. The number of benzene rings is 2. The normalized spacial score (nSPS) is 12.7. The van der Waals surface area contributed by atoms with Gasteiger partial charge in [0.25, 0.3) is 8.32 Å². The van der Waals surface area contributed by atoms with E-state index in [0.29, 0.717) is 6.61 Å². The third-order valence-electron chi connectivity index (χ3n) is 4.37. The summed E-state index contributed by atoms with van der Waals surface area (Å²) in [6.07, 6.45) is 0. The van der Waals surface area contributed by atoms with Crippen molar-refractivity contribution in [3.05, 3.63) is 60.7 Å². The van der Waals surface area contributed by atoms with Crippen molar-refractivity contribution < 1.29 is 4.43 Å². The Balaban J connectivity index is 2.64. The van der Waals surface area contributed by atoms with E-state index < -0.39 is 13.7 Å². The van der Waals surface area contributed by atoms with Gasteiger partial charge in [-0.3, -0.25) is 0 Å². The third-order valence-corrected chi connectivity index (χ3v) is 9.35. The molecule has 126 valence electrons. The second kappa shape index (κ2) is 6.92. The number of nitriles is 1. The monoisotopic (exact) mass is 337 g/mol. The third kappa shape index (κ3) is 3.61. The van der Waals surface area contributed by atoms with Gasteiger partial charge < -0.3 is 4.43 Å². The average molecular weight is 338 g/mol. The smallest absolute Gasteiger partial charge is 0.261 e. The topological polar surface area (TPSA) is 33.0 Å². The number of rotatable bonds is 5. The Bertz CT molecular complexity index is 657. The van der Waals surface area contributed by atoms with E-state index in [9.17, 15) is 5.26 Å². The number of nitrogens with zero attached hydrogens (tertiary/aromatic N) is 1. The summed E-state index contributed by atoms with van der Waals surface area (Å²) in [7, 11) is -2.53. The SMILES string of the molecule is CC(C)(C#N)CO[Si](c1ccccc1)(c1ccccc1)C(C)(C)C. The lowest BCUT2D eigenvalue weighted by Crippen LogP contribution is -2.67. The van der Waals surface area contributed by atoms with Crippen LogP contribution in [0, 0.1) is 16.7 Å². The van der Waals surface area contributed by atoms with Crippen molar-refractivity contribution in [1.82, 2.24) is 0 Å². The molecule has 3 heteroatoms. The summed E-state index contributed by atoms with van der Waals surface area (Å²) in [5, 5.41) is 11.9. The molecular formula is C21H27NOSi. The predicted molar refractivity (Wildman–Crippen MR) is 103 cm³/mol. The second-order valence-corrected chi connectivity index (χ2v) is 12.3. The molecule has 0 bridgehead atoms. The van der Waals surface area contributed by atoms with Gasteiger partial charge in [0.1, 0.15) is 0 Å². The fraction of sp³-hybridized carbons (Fsp3) is 0.381. The summed E-state index contributed by atoms with van der Waals surface area (Å²) < 4.78 is 6.74. The molecule has 0 amide bonds. The lowest BCUT2D eigenvalue weighted by atomic mass is 9.98. The summed E-state index contributed by atoms with van der Waals surface area (Å²) in [5.74, 6) is 0. The molecule has 0 N–H and O–H groups in total. The van der Waals surface area contributed by atoms with Crippen LogP contribution in [0.15, 0.2) is 60.7 Å². The van der Waals surface area contributed by atoms with Crippen molar-refractivity contribution in [2.75, 3.05) is 6.61 Å². The quantitative estimate of drug-likeness (QED) is 0.769. The van der Waals surface area contributed by atoms with E-state index in [1.807, 2.05) is 26.0 Å². The minimum absolute atomic E-state index is 0.0543. The van der Waals surface area contributed by atoms with Crippen molar-refractivity contribution in [3.63, 3.8) is 0 Å². The van der Waals surface area contributed by atoms with Crippen LogP contribution in [0.5, 0.6) is 0 Å². The molecule has 0 aliphatic rings. The van der Waals surface area contributed by atoms with Crippen molar-refractivity contribution in [3.8, 4) is 6.07 Å². The van der Waals surface area contributed by atoms with Crippen LogP contribution < -0.4 is 10.4 Å². The molecular weight excluding hydrogens is 310 g/mol. The fourth-order valence-electron chi connectivity index (χ4n) is 3.08. The lowest BCUT2D eigenvalue weighted by Gasteiger charge is -2.44. The van der Waals surface area contributed by atoms with Crippen LogP contribution in [0.4, 0.5) is 0 Å². The van der Waals surface area contributed by atoms with Crippen molar-refractivity contribution in [2.24, 2.45) is 5.41 Å². The Labute approximate surface area is 147 Å². The van der Waals surface area contributed by atoms with Crippen LogP contribution in [-0.4, -0.2) is 14.9 Å². The highest BCUT2D eigenvalue weighted by molar-refractivity contribution is 6.99. The maximum absolute atomic E-state index is 9.42. The van der Waals surface area contributed by atoms with Gasteiger partial charge in [-0.15, -0.1) is 0 Å². The van der Waals surface area contributed by atoms with Crippen molar-refractivity contribution >= 4 is 18.7 Å². The zero-order valence-corrected chi connectivity index (χ0v) is 16.3. The van der Waals surface area contributed by atoms with Gasteiger partial charge in [-0.1, -0.05) is 81.4 Å². The molecule has 0 saturated heterocycles. The molecule has 2 rings (SSSR count). The Hall–Kier alpha value is -1.89. The summed E-state index contributed by atoms with van der Waals surface area (Å²) >= 11 is 0. The van der Waals surface area contributed by atoms with Crippen LogP contribution in [0.3, 0.4) is 0 Å². The Morgan fingerprint density at radius 1 is 0.833 bits per heavy atom. The predicted octanol–water partition coefficient (Wildman–Crippen LogP) is 4.11. The zero-order chi connectivity index (χ0) is 17.8. The Morgan fingerprint density at radius 2 is 1.25 bits per heavy atom. The van der Waals surface area contributed by atoms with Gasteiger partial charge in [0.05, 0.1) is 18.1 Å². The van der Waals surface area contributed by atoms with Gasteiger partial charge in [0, 0.05) is 0 Å². The fourth-order valence-corrected chi connectivity index (χ4v) is 7.82. The maximum atomic E-state index is 9.42. The van der Waals surface area contributed by atoms with E-state index >= 15 is 0 Å². The summed E-state index contributed by atoms with van der Waals surface area (Å²) in [4.78, 5) is 0. The molecule has 24 heavy (non-hydrogen) atoms. The Morgan fingerprint density at radius 3 is 1.58 bits per heavy atom. The van der Waals surface area contributed by atoms with Gasteiger partial charge in [0.15, 0.2) is 0 Å². The number of hydrogen-bond acceptors (Lipinski definition) is 2. The standard InChI is InChI=1S/C21H27NOSi/c1-20(2,3)24(18-12-8-6-9-13-18,19-14-10-7-11-15-19)23-17-21(4,5)16-22/h6-15H,17H2,1-5H3. The van der Waals surface area contributed by atoms with E-state index in [1.165, 1.54) is 10.4 Å². The zero-order valence-electron chi connectivity index (χ0n) is 15.3. The van der Waals surface area contributed by atoms with E-state index in [0.717, 1.165) is 0 Å². The van der Waals surface area contributed by atoms with Crippen molar-refractivity contribution in [1.29, 1.82) is 5.26 Å². The van der Waals surface area contributed by atoms with Gasteiger partial charge in [-0.25, -0.2) is 0 Å². The van der Waals surface area contributed by atoms with E-state index in [4.69, 9.17) is 4.43 Å². The van der Waals surface area contributed by atoms with Crippen LogP contribution in [-0.2, 0) is 4.43 Å². The highest BCUT2D eigenvalue weighted by Crippen LogP contribution is 2.37. The van der Waals surface area contributed by atoms with Crippen LogP contribution in [0.2, 0.25) is 5.04 Å². The van der Waals surface area contributed by atoms with Gasteiger partial charge in [0.2, 0.25) is 0 Å². The Kier molecular flexibility index (Phi) is 5.32. The molecule has 0 aliphatic heterocycles. The molecule has 0 spiro atoms. The highest BCUT2D eigenvalue weighted by Gasteiger charge is 2.50. The molecule has 0 radical (unpaired) electrons. The first-order valence-corrected chi connectivity index (χ1v) is 10.3. The average Bonchev–Trinajstić information content (AvgIpc) is 2.56. The van der Waals surface area contributed by atoms with Crippen LogP contribution in [0.1, 0.15) is 34.6 Å². The molecule has 0 aromatic heterocycles. The molecule has 2 aromatic carbocycles. The minimum atomic E-state index is -2.53. The molecule has 0 aliphatic carbocycles. The molecule has 0 saturated carbocycles. The van der Waals surface area contributed by atoms with Crippen LogP contribution in [0.25, 0.3) is 0 Å². The second-order valence-electron chi connectivity index (χ2n) is 7.95. The van der Waals surface area contributed by atoms with Gasteiger partial charge in [-0.05, 0) is 29.3 Å². The summed E-state index contributed by atoms with van der Waals surface area (Å²) in [6, 6.07) is 23.4. The first-order chi connectivity index (χ1) is 11.2. The molecule has 2 aromatic rings. The van der Waals surface area contributed by atoms with Gasteiger partial charge >= 0.3 is 0 Å². The lowest BCUT2D eigenvalue weighted by molar-refractivity contribution is 0.214. The maximum Gasteiger partial charge on any atom is 0.261 e. The molecule has 0 heterocycles. The summed E-state index contributed by atoms with van der Waals surface area (Å²) in [6.45, 7) is 11.0. The number of hydrogen-bond donors (Lipinski definition) is 0. The molecule has 0 unspecified atom stereocenters. The summed E-state index contributed by atoms with van der Waals surface area (Å²) in [5.41, 5.74) is -0.507. The minimum Gasteiger partial charge on any atom is -0.406 e. The molecule has 0 atom stereocenters. The first-order valence-electron chi connectivity index (χ1n) is 8.39. The van der Waals surface area contributed by atoms with E-state index in [2.05, 4.69) is 75.4 Å². The first kappa shape index (κ1) is 18.4. The van der Waals surface area contributed by atoms with Crippen LogP contribution >= 0.6 is 0 Å². The van der Waals surface area contributed by atoms with Crippen molar-refractivity contribution in [2.45, 2.75) is 39.7 Å². The van der Waals surface area contributed by atoms with Gasteiger partial charge in [-0.2, -0.15) is 5.26 Å². The molecule has 0 fully saturated rings. The molecule has 2 nitrogen and oxygen atoms in total. The van der Waals surface area contributed by atoms with E-state index in [-0.39, 0.29) is 5.04 Å².